The lowest BCUT2D eigenvalue weighted by Gasteiger charge is -2.04. The molecule has 0 spiro atoms. The lowest BCUT2D eigenvalue weighted by molar-refractivity contribution is -0.692. The molecule has 4 rings (SSSR count). The van der Waals surface area contributed by atoms with Gasteiger partial charge in [-0.3, -0.25) is 0 Å². The number of aryl methyl sites for hydroxylation is 1. The van der Waals surface area contributed by atoms with E-state index in [0.717, 1.165) is 24.9 Å². The van der Waals surface area contributed by atoms with E-state index in [0.29, 0.717) is 6.61 Å². The SMILES string of the molecule is Cc1ccc(-c2c[n+](CC(=O)OCc3ccccc3)c3n2CCC3)cc1.[Br-]. The standard InChI is InChI=1S/C22H23N2O2.BrH/c1-17-9-11-19(12-10-17)20-14-23(21-8-5-13-24(20)21)15-22(25)26-16-18-6-3-2-4-7-18;/h2-4,6-7,9-12,14H,5,8,13,15-16H2,1H3;1H/q+1;/p-1. The van der Waals surface area contributed by atoms with Crippen LogP contribution in [0.25, 0.3) is 11.3 Å². The summed E-state index contributed by atoms with van der Waals surface area (Å²) in [6.45, 7) is 3.68. The van der Waals surface area contributed by atoms with Crippen molar-refractivity contribution < 1.29 is 31.1 Å². The Kier molecular flexibility index (Phi) is 6.11. The number of rotatable bonds is 5. The minimum absolute atomic E-state index is 0. The summed E-state index contributed by atoms with van der Waals surface area (Å²) in [7, 11) is 0. The molecule has 0 saturated carbocycles. The van der Waals surface area contributed by atoms with E-state index in [1.165, 1.54) is 22.6 Å². The quantitative estimate of drug-likeness (QED) is 0.438. The first-order chi connectivity index (χ1) is 12.7. The molecule has 0 fully saturated rings. The van der Waals surface area contributed by atoms with E-state index in [1.807, 2.05) is 30.3 Å². The lowest BCUT2D eigenvalue weighted by Crippen LogP contribution is -3.00. The summed E-state index contributed by atoms with van der Waals surface area (Å²) in [4.78, 5) is 12.3. The van der Waals surface area contributed by atoms with Gasteiger partial charge in [-0.15, -0.1) is 0 Å². The Morgan fingerprint density at radius 1 is 1.11 bits per heavy atom. The molecule has 5 heteroatoms. The van der Waals surface area contributed by atoms with E-state index in [4.69, 9.17) is 4.74 Å². The molecule has 0 aliphatic carbocycles. The van der Waals surface area contributed by atoms with Gasteiger partial charge in [-0.25, -0.2) is 13.9 Å². The molecule has 0 unspecified atom stereocenters. The monoisotopic (exact) mass is 426 g/mol. The number of aromatic nitrogens is 2. The van der Waals surface area contributed by atoms with Crippen LogP contribution in [0.3, 0.4) is 0 Å². The topological polar surface area (TPSA) is 35.1 Å². The number of esters is 1. The van der Waals surface area contributed by atoms with Gasteiger partial charge in [-0.2, -0.15) is 0 Å². The van der Waals surface area contributed by atoms with E-state index in [9.17, 15) is 4.79 Å². The van der Waals surface area contributed by atoms with Crippen molar-refractivity contribution >= 4 is 5.97 Å². The van der Waals surface area contributed by atoms with Crippen LogP contribution in [0.2, 0.25) is 0 Å². The van der Waals surface area contributed by atoms with Crippen molar-refractivity contribution in [1.29, 1.82) is 0 Å². The first-order valence-corrected chi connectivity index (χ1v) is 9.09. The van der Waals surface area contributed by atoms with Crippen molar-refractivity contribution in [3.05, 3.63) is 77.7 Å². The molecule has 4 nitrogen and oxygen atoms in total. The highest BCUT2D eigenvalue weighted by Gasteiger charge is 2.29. The second kappa shape index (κ2) is 8.53. The predicted molar refractivity (Wildman–Crippen MR) is 99.4 cm³/mol. The summed E-state index contributed by atoms with van der Waals surface area (Å²) < 4.78 is 9.83. The highest BCUT2D eigenvalue weighted by Crippen LogP contribution is 2.25. The third-order valence-electron chi connectivity index (χ3n) is 4.88. The molecule has 140 valence electrons. The Morgan fingerprint density at radius 3 is 2.59 bits per heavy atom. The fourth-order valence-electron chi connectivity index (χ4n) is 3.52. The Morgan fingerprint density at radius 2 is 1.85 bits per heavy atom. The molecule has 0 saturated heterocycles. The van der Waals surface area contributed by atoms with E-state index in [1.54, 1.807) is 0 Å². The lowest BCUT2D eigenvalue weighted by atomic mass is 10.1. The van der Waals surface area contributed by atoms with Gasteiger partial charge in [0.25, 0.3) is 5.82 Å². The van der Waals surface area contributed by atoms with E-state index in [-0.39, 0.29) is 29.5 Å². The average molecular weight is 427 g/mol. The van der Waals surface area contributed by atoms with Gasteiger partial charge in [0.1, 0.15) is 12.8 Å². The summed E-state index contributed by atoms with van der Waals surface area (Å²) in [5, 5.41) is 0. The zero-order chi connectivity index (χ0) is 17.9. The molecule has 0 atom stereocenters. The van der Waals surface area contributed by atoms with Crippen LogP contribution in [-0.4, -0.2) is 10.5 Å². The maximum Gasteiger partial charge on any atom is 0.348 e. The summed E-state index contributed by atoms with van der Waals surface area (Å²) >= 11 is 0. The normalized spacial score (nSPS) is 12.3. The zero-order valence-electron chi connectivity index (χ0n) is 15.4. The minimum Gasteiger partial charge on any atom is -1.00 e. The zero-order valence-corrected chi connectivity index (χ0v) is 17.0. The highest BCUT2D eigenvalue weighted by atomic mass is 79.9. The third-order valence-corrected chi connectivity index (χ3v) is 4.88. The average Bonchev–Trinajstić information content (AvgIpc) is 3.26. The van der Waals surface area contributed by atoms with Crippen LogP contribution >= 0.6 is 0 Å². The Bertz CT molecular complexity index is 917. The molecule has 0 bridgehead atoms. The molecule has 27 heavy (non-hydrogen) atoms. The molecule has 0 amide bonds. The summed E-state index contributed by atoms with van der Waals surface area (Å²) in [6, 6.07) is 18.3. The van der Waals surface area contributed by atoms with Crippen molar-refractivity contribution in [2.75, 3.05) is 0 Å². The van der Waals surface area contributed by atoms with Crippen LogP contribution in [-0.2, 0) is 35.6 Å². The van der Waals surface area contributed by atoms with Gasteiger partial charge in [0.15, 0.2) is 12.2 Å². The summed E-state index contributed by atoms with van der Waals surface area (Å²) in [5.41, 5.74) is 4.62. The van der Waals surface area contributed by atoms with Crippen LogP contribution in [0.1, 0.15) is 23.4 Å². The van der Waals surface area contributed by atoms with Gasteiger partial charge in [0.05, 0.1) is 13.0 Å². The number of fused-ring (bicyclic) bond motifs is 1. The highest BCUT2D eigenvalue weighted by molar-refractivity contribution is 5.68. The molecule has 1 aliphatic heterocycles. The van der Waals surface area contributed by atoms with E-state index >= 15 is 0 Å². The maximum absolute atomic E-state index is 12.3. The van der Waals surface area contributed by atoms with Crippen LogP contribution in [0.15, 0.2) is 60.8 Å². The number of hydrogen-bond donors (Lipinski definition) is 0. The second-order valence-electron chi connectivity index (χ2n) is 6.83. The third kappa shape index (κ3) is 4.30. The van der Waals surface area contributed by atoms with Gasteiger partial charge in [-0.1, -0.05) is 60.2 Å². The van der Waals surface area contributed by atoms with Crippen molar-refractivity contribution in [2.24, 2.45) is 0 Å². The number of hydrogen-bond acceptors (Lipinski definition) is 2. The molecule has 1 aliphatic rings. The van der Waals surface area contributed by atoms with E-state index in [2.05, 4.69) is 46.5 Å². The van der Waals surface area contributed by atoms with Gasteiger partial charge in [-0.05, 0) is 18.9 Å². The Balaban J connectivity index is 0.00000210. The molecule has 1 aromatic heterocycles. The van der Waals surface area contributed by atoms with Crippen molar-refractivity contribution in [1.82, 2.24) is 4.57 Å². The minimum atomic E-state index is -0.199. The fraction of sp³-hybridized carbons (Fsp3) is 0.273. The number of ether oxygens (including phenoxy) is 1. The fourth-order valence-corrected chi connectivity index (χ4v) is 3.52. The summed E-state index contributed by atoms with van der Waals surface area (Å²) in [6.07, 6.45) is 4.20. The number of nitrogens with zero attached hydrogens (tertiary/aromatic N) is 2. The van der Waals surface area contributed by atoms with Crippen molar-refractivity contribution in [3.8, 4) is 11.3 Å². The molecule has 3 aromatic rings. The van der Waals surface area contributed by atoms with Crippen LogP contribution in [0.4, 0.5) is 0 Å². The maximum atomic E-state index is 12.3. The number of imidazole rings is 1. The van der Waals surface area contributed by atoms with Gasteiger partial charge in [0.2, 0.25) is 0 Å². The van der Waals surface area contributed by atoms with Crippen LogP contribution in [0, 0.1) is 6.92 Å². The number of halogens is 1. The van der Waals surface area contributed by atoms with Crippen LogP contribution in [0.5, 0.6) is 0 Å². The first kappa shape index (κ1) is 19.4. The summed E-state index contributed by atoms with van der Waals surface area (Å²) in [5.74, 6) is 1.01. The Hall–Kier alpha value is -2.40. The predicted octanol–water partition coefficient (Wildman–Crippen LogP) is 0.445. The van der Waals surface area contributed by atoms with Crippen LogP contribution < -0.4 is 21.5 Å². The molecule has 0 N–H and O–H groups in total. The van der Waals surface area contributed by atoms with Gasteiger partial charge < -0.3 is 21.7 Å². The molecule has 2 aromatic carbocycles. The number of benzene rings is 2. The molecule has 2 heterocycles. The molecule has 0 radical (unpaired) electrons. The first-order valence-electron chi connectivity index (χ1n) is 9.09. The molecular formula is C22H23BrN2O2. The van der Waals surface area contributed by atoms with Gasteiger partial charge in [0, 0.05) is 5.56 Å². The van der Waals surface area contributed by atoms with Crippen molar-refractivity contribution in [3.63, 3.8) is 0 Å². The largest absolute Gasteiger partial charge is 1.00 e. The van der Waals surface area contributed by atoms with Crippen molar-refractivity contribution in [2.45, 2.75) is 39.5 Å². The second-order valence-corrected chi connectivity index (χ2v) is 6.83. The smallest absolute Gasteiger partial charge is 0.348 e. The van der Waals surface area contributed by atoms with Gasteiger partial charge >= 0.3 is 5.97 Å². The number of carbonyl (C=O) groups is 1. The Labute approximate surface area is 170 Å². The molecular weight excluding hydrogens is 404 g/mol. The van der Waals surface area contributed by atoms with E-state index < -0.39 is 0 Å². The number of carbonyl (C=O) groups excluding carboxylic acids is 1.